The third-order valence-corrected chi connectivity index (χ3v) is 4.34. The third kappa shape index (κ3) is 1.78. The molecule has 3 rings (SSSR count). The third-order valence-electron chi connectivity index (χ3n) is 3.48. The lowest BCUT2D eigenvalue weighted by Crippen LogP contribution is -2.54. The molecular formula is C13H14BrN3O. The Kier molecular flexibility index (Phi) is 2.75. The van der Waals surface area contributed by atoms with Crippen LogP contribution in [-0.4, -0.2) is 23.2 Å². The summed E-state index contributed by atoms with van der Waals surface area (Å²) in [5.74, 6) is 1.38. The lowest BCUT2D eigenvalue weighted by Gasteiger charge is -2.35. The molecule has 1 aromatic heterocycles. The molecule has 0 spiro atoms. The zero-order valence-electron chi connectivity index (χ0n) is 10.3. The van der Waals surface area contributed by atoms with Crippen molar-refractivity contribution in [2.75, 3.05) is 13.1 Å². The maximum Gasteiger partial charge on any atom is 0.235 e. The molecule has 2 aromatic rings. The highest BCUT2D eigenvalue weighted by Gasteiger charge is 2.39. The SMILES string of the molecule is Cc1c(Br)cccc1-c1noc(C2(C)CNC2)n1. The van der Waals surface area contributed by atoms with Crippen LogP contribution >= 0.6 is 15.9 Å². The fraction of sp³-hybridized carbons (Fsp3) is 0.385. The highest BCUT2D eigenvalue weighted by atomic mass is 79.9. The minimum atomic E-state index is -0.00876. The van der Waals surface area contributed by atoms with Crippen LogP contribution in [0.1, 0.15) is 18.4 Å². The summed E-state index contributed by atoms with van der Waals surface area (Å²) in [6.07, 6.45) is 0. The Bertz CT molecular complexity index is 590. The van der Waals surface area contributed by atoms with Crippen LogP contribution in [0, 0.1) is 6.92 Å². The van der Waals surface area contributed by atoms with Crippen molar-refractivity contribution in [2.45, 2.75) is 19.3 Å². The van der Waals surface area contributed by atoms with Crippen molar-refractivity contribution >= 4 is 15.9 Å². The molecule has 94 valence electrons. The van der Waals surface area contributed by atoms with Crippen LogP contribution in [0.2, 0.25) is 0 Å². The van der Waals surface area contributed by atoms with Crippen molar-refractivity contribution in [1.29, 1.82) is 0 Å². The van der Waals surface area contributed by atoms with Crippen molar-refractivity contribution in [3.63, 3.8) is 0 Å². The molecule has 0 saturated carbocycles. The number of hydrogen-bond acceptors (Lipinski definition) is 4. The molecule has 5 heteroatoms. The second kappa shape index (κ2) is 4.17. The predicted octanol–water partition coefficient (Wildman–Crippen LogP) is 2.67. The highest BCUT2D eigenvalue weighted by Crippen LogP contribution is 2.30. The molecule has 1 saturated heterocycles. The largest absolute Gasteiger partial charge is 0.338 e. The molecule has 0 amide bonds. The zero-order chi connectivity index (χ0) is 12.8. The lowest BCUT2D eigenvalue weighted by molar-refractivity contribution is 0.219. The summed E-state index contributed by atoms with van der Waals surface area (Å²) >= 11 is 3.52. The maximum atomic E-state index is 5.40. The van der Waals surface area contributed by atoms with Gasteiger partial charge in [0.15, 0.2) is 0 Å². The first kappa shape index (κ1) is 11.9. The van der Waals surface area contributed by atoms with Gasteiger partial charge in [-0.05, 0) is 25.5 Å². The van der Waals surface area contributed by atoms with Crippen molar-refractivity contribution in [1.82, 2.24) is 15.5 Å². The van der Waals surface area contributed by atoms with Gasteiger partial charge in [-0.1, -0.05) is 33.2 Å². The fourth-order valence-electron chi connectivity index (χ4n) is 2.08. The van der Waals surface area contributed by atoms with Gasteiger partial charge in [0.2, 0.25) is 11.7 Å². The van der Waals surface area contributed by atoms with Crippen LogP contribution in [0.25, 0.3) is 11.4 Å². The van der Waals surface area contributed by atoms with Gasteiger partial charge in [0.1, 0.15) is 0 Å². The Morgan fingerprint density at radius 2 is 2.17 bits per heavy atom. The molecule has 0 atom stereocenters. The molecule has 1 aromatic carbocycles. The fourth-order valence-corrected chi connectivity index (χ4v) is 2.45. The number of nitrogens with one attached hydrogen (secondary N) is 1. The Balaban J connectivity index is 2.00. The van der Waals surface area contributed by atoms with Gasteiger partial charge in [-0.3, -0.25) is 0 Å². The first-order valence-corrected chi connectivity index (χ1v) is 6.70. The van der Waals surface area contributed by atoms with E-state index in [-0.39, 0.29) is 5.41 Å². The summed E-state index contributed by atoms with van der Waals surface area (Å²) in [5.41, 5.74) is 2.13. The van der Waals surface area contributed by atoms with Crippen molar-refractivity contribution < 1.29 is 4.52 Å². The summed E-state index contributed by atoms with van der Waals surface area (Å²) in [6, 6.07) is 6.00. The van der Waals surface area contributed by atoms with Gasteiger partial charge in [0.25, 0.3) is 0 Å². The molecule has 0 radical (unpaired) electrons. The van der Waals surface area contributed by atoms with Gasteiger partial charge in [-0.2, -0.15) is 4.98 Å². The van der Waals surface area contributed by atoms with E-state index in [0.717, 1.165) is 34.6 Å². The van der Waals surface area contributed by atoms with E-state index in [4.69, 9.17) is 4.52 Å². The Morgan fingerprint density at radius 3 is 2.83 bits per heavy atom. The van der Waals surface area contributed by atoms with Crippen LogP contribution in [-0.2, 0) is 5.41 Å². The standard InChI is InChI=1S/C13H14BrN3O/c1-8-9(4-3-5-10(8)14)11-16-12(18-17-11)13(2)6-15-7-13/h3-5,15H,6-7H2,1-2H3. The van der Waals surface area contributed by atoms with Gasteiger partial charge in [0, 0.05) is 23.1 Å². The molecule has 1 aliphatic heterocycles. The number of halogens is 1. The second-order valence-electron chi connectivity index (χ2n) is 5.00. The van der Waals surface area contributed by atoms with E-state index in [2.05, 4.69) is 38.3 Å². The van der Waals surface area contributed by atoms with Crippen LogP contribution in [0.5, 0.6) is 0 Å². The number of benzene rings is 1. The second-order valence-corrected chi connectivity index (χ2v) is 5.85. The monoisotopic (exact) mass is 307 g/mol. The lowest BCUT2D eigenvalue weighted by atomic mass is 9.84. The van der Waals surface area contributed by atoms with E-state index < -0.39 is 0 Å². The molecule has 0 unspecified atom stereocenters. The predicted molar refractivity (Wildman–Crippen MR) is 72.4 cm³/mol. The van der Waals surface area contributed by atoms with Gasteiger partial charge >= 0.3 is 0 Å². The average molecular weight is 308 g/mol. The summed E-state index contributed by atoms with van der Waals surface area (Å²) in [5, 5.41) is 7.34. The summed E-state index contributed by atoms with van der Waals surface area (Å²) in [6.45, 7) is 5.97. The van der Waals surface area contributed by atoms with E-state index in [9.17, 15) is 0 Å². The maximum absolute atomic E-state index is 5.40. The molecule has 2 heterocycles. The molecule has 0 bridgehead atoms. The normalized spacial score (nSPS) is 17.5. The zero-order valence-corrected chi connectivity index (χ0v) is 11.9. The number of nitrogens with zero attached hydrogens (tertiary/aromatic N) is 2. The van der Waals surface area contributed by atoms with Gasteiger partial charge in [-0.15, -0.1) is 0 Å². The van der Waals surface area contributed by atoms with Crippen molar-refractivity contribution in [3.8, 4) is 11.4 Å². The topological polar surface area (TPSA) is 51.0 Å². The summed E-state index contributed by atoms with van der Waals surface area (Å²) < 4.78 is 6.46. The summed E-state index contributed by atoms with van der Waals surface area (Å²) in [4.78, 5) is 4.54. The van der Waals surface area contributed by atoms with Crippen molar-refractivity contribution in [3.05, 3.63) is 34.1 Å². The van der Waals surface area contributed by atoms with E-state index in [1.807, 2.05) is 25.1 Å². The van der Waals surface area contributed by atoms with Gasteiger partial charge in [-0.25, -0.2) is 0 Å². The first-order chi connectivity index (χ1) is 8.60. The summed E-state index contributed by atoms with van der Waals surface area (Å²) in [7, 11) is 0. The highest BCUT2D eigenvalue weighted by molar-refractivity contribution is 9.10. The molecule has 1 aliphatic rings. The Hall–Kier alpha value is -1.20. The Labute approximate surface area is 114 Å². The molecule has 1 fully saturated rings. The Morgan fingerprint density at radius 1 is 1.39 bits per heavy atom. The molecule has 1 N–H and O–H groups in total. The van der Waals surface area contributed by atoms with Gasteiger partial charge < -0.3 is 9.84 Å². The van der Waals surface area contributed by atoms with E-state index in [0.29, 0.717) is 5.82 Å². The molecule has 18 heavy (non-hydrogen) atoms. The van der Waals surface area contributed by atoms with E-state index >= 15 is 0 Å². The van der Waals surface area contributed by atoms with Crippen LogP contribution in [0.15, 0.2) is 27.2 Å². The number of hydrogen-bond donors (Lipinski definition) is 1. The first-order valence-electron chi connectivity index (χ1n) is 5.90. The minimum absolute atomic E-state index is 0.00876. The number of aromatic nitrogens is 2. The average Bonchev–Trinajstić information content (AvgIpc) is 2.79. The van der Waals surface area contributed by atoms with Crippen LogP contribution in [0.3, 0.4) is 0 Å². The molecular weight excluding hydrogens is 294 g/mol. The van der Waals surface area contributed by atoms with Crippen molar-refractivity contribution in [2.24, 2.45) is 0 Å². The smallest absolute Gasteiger partial charge is 0.235 e. The quantitative estimate of drug-likeness (QED) is 0.927. The number of rotatable bonds is 2. The molecule has 0 aliphatic carbocycles. The van der Waals surface area contributed by atoms with E-state index in [1.165, 1.54) is 0 Å². The van der Waals surface area contributed by atoms with E-state index in [1.54, 1.807) is 0 Å². The molecule has 4 nitrogen and oxygen atoms in total. The van der Waals surface area contributed by atoms with Gasteiger partial charge in [0.05, 0.1) is 5.41 Å². The minimum Gasteiger partial charge on any atom is -0.338 e. The van der Waals surface area contributed by atoms with Crippen LogP contribution < -0.4 is 5.32 Å². The van der Waals surface area contributed by atoms with Crippen LogP contribution in [0.4, 0.5) is 0 Å².